The molecule has 1 fully saturated rings. The molecule has 32 heavy (non-hydrogen) atoms. The van der Waals surface area contributed by atoms with E-state index in [9.17, 15) is 32.7 Å². The summed E-state index contributed by atoms with van der Waals surface area (Å²) >= 11 is 11.4. The molecule has 7 nitrogen and oxygen atoms in total. The molecule has 2 N–H and O–H groups in total. The Bertz CT molecular complexity index is 1160. The molecular formula is C19H11ClF3NO6S2. The summed E-state index contributed by atoms with van der Waals surface area (Å²) in [7, 11) is 0. The fourth-order valence-electron chi connectivity index (χ4n) is 2.81. The van der Waals surface area contributed by atoms with Crippen LogP contribution >= 0.6 is 35.6 Å². The SMILES string of the molecule is O=C(O)C[C@@H](C(=O)O)N1C(=O)/C(=C/c2ccc(-c3ccc(Cl)c(C(F)(F)F)c3)o2)SC1=S. The average Bonchev–Trinajstić information content (AvgIpc) is 3.24. The lowest BCUT2D eigenvalue weighted by Gasteiger charge is -2.21. The number of carboxylic acid groups (broad SMARTS) is 2. The Kier molecular flexibility index (Phi) is 6.67. The number of furan rings is 1. The van der Waals surface area contributed by atoms with Crippen LogP contribution in [0.15, 0.2) is 39.7 Å². The highest BCUT2D eigenvalue weighted by Crippen LogP contribution is 2.38. The molecule has 1 saturated heterocycles. The predicted octanol–water partition coefficient (Wildman–Crippen LogP) is 4.75. The van der Waals surface area contributed by atoms with Crippen molar-refractivity contribution in [3.05, 3.63) is 51.6 Å². The van der Waals surface area contributed by atoms with E-state index in [1.165, 1.54) is 24.3 Å². The van der Waals surface area contributed by atoms with Crippen LogP contribution in [0.2, 0.25) is 5.02 Å². The molecule has 0 spiro atoms. The summed E-state index contributed by atoms with van der Waals surface area (Å²) in [6.45, 7) is 0. The summed E-state index contributed by atoms with van der Waals surface area (Å²) in [6, 6.07) is 4.35. The Balaban J connectivity index is 1.89. The molecule has 2 aromatic rings. The molecule has 1 atom stereocenters. The Morgan fingerprint density at radius 1 is 1.25 bits per heavy atom. The third kappa shape index (κ3) is 4.97. The molecule has 1 aliphatic rings. The first kappa shape index (κ1) is 23.8. The van der Waals surface area contributed by atoms with Gasteiger partial charge in [0.15, 0.2) is 0 Å². The molecule has 1 aromatic carbocycles. The second kappa shape index (κ2) is 8.96. The Hall–Kier alpha value is -2.83. The van der Waals surface area contributed by atoms with Gasteiger partial charge in [-0.15, -0.1) is 0 Å². The first-order valence-corrected chi connectivity index (χ1v) is 10.2. The number of alkyl halides is 3. The van der Waals surface area contributed by atoms with Crippen molar-refractivity contribution in [3.8, 4) is 11.3 Å². The summed E-state index contributed by atoms with van der Waals surface area (Å²) in [5.74, 6) is -3.62. The Morgan fingerprint density at radius 3 is 2.53 bits per heavy atom. The molecule has 13 heteroatoms. The summed E-state index contributed by atoms with van der Waals surface area (Å²) < 4.78 is 44.6. The highest BCUT2D eigenvalue weighted by atomic mass is 35.5. The maximum atomic E-state index is 13.1. The maximum Gasteiger partial charge on any atom is 0.417 e. The molecule has 2 heterocycles. The third-order valence-corrected chi connectivity index (χ3v) is 5.90. The number of carbonyl (C=O) groups excluding carboxylic acids is 1. The minimum atomic E-state index is -4.66. The summed E-state index contributed by atoms with van der Waals surface area (Å²) in [4.78, 5) is 35.6. The second-order valence-corrected chi connectivity index (χ2v) is 8.48. The van der Waals surface area contributed by atoms with Gasteiger partial charge < -0.3 is 14.6 Å². The highest BCUT2D eigenvalue weighted by Gasteiger charge is 2.41. The lowest BCUT2D eigenvalue weighted by atomic mass is 10.1. The maximum absolute atomic E-state index is 13.1. The first-order valence-electron chi connectivity index (χ1n) is 8.57. The van der Waals surface area contributed by atoms with E-state index >= 15 is 0 Å². The van der Waals surface area contributed by atoms with Crippen molar-refractivity contribution in [2.45, 2.75) is 18.6 Å². The molecule has 0 saturated carbocycles. The van der Waals surface area contributed by atoms with Gasteiger partial charge in [-0.2, -0.15) is 13.2 Å². The lowest BCUT2D eigenvalue weighted by molar-refractivity contribution is -0.150. The Labute approximate surface area is 192 Å². The van der Waals surface area contributed by atoms with Crippen molar-refractivity contribution in [2.75, 3.05) is 0 Å². The van der Waals surface area contributed by atoms with E-state index in [0.717, 1.165) is 23.9 Å². The molecule has 0 bridgehead atoms. The van der Waals surface area contributed by atoms with Crippen molar-refractivity contribution in [2.24, 2.45) is 0 Å². The quantitative estimate of drug-likeness (QED) is 0.428. The molecule has 1 aliphatic heterocycles. The zero-order valence-electron chi connectivity index (χ0n) is 15.6. The van der Waals surface area contributed by atoms with Gasteiger partial charge in [0.05, 0.1) is 21.9 Å². The number of thiocarbonyl (C=S) groups is 1. The van der Waals surface area contributed by atoms with Crippen molar-refractivity contribution < 1.29 is 42.2 Å². The van der Waals surface area contributed by atoms with Gasteiger partial charge in [-0.1, -0.05) is 35.6 Å². The number of carbonyl (C=O) groups is 3. The van der Waals surface area contributed by atoms with Crippen LogP contribution < -0.4 is 0 Å². The van der Waals surface area contributed by atoms with Crippen LogP contribution in [0.3, 0.4) is 0 Å². The number of aliphatic carboxylic acids is 2. The van der Waals surface area contributed by atoms with E-state index in [0.29, 0.717) is 4.90 Å². The number of thioether (sulfide) groups is 1. The van der Waals surface area contributed by atoms with Crippen LogP contribution in [0.5, 0.6) is 0 Å². The zero-order valence-corrected chi connectivity index (χ0v) is 17.9. The number of amides is 1. The van der Waals surface area contributed by atoms with Gasteiger partial charge in [-0.3, -0.25) is 14.5 Å². The number of halogens is 4. The molecule has 0 aliphatic carbocycles. The predicted molar refractivity (Wildman–Crippen MR) is 113 cm³/mol. The molecule has 1 amide bonds. The number of rotatable bonds is 6. The van der Waals surface area contributed by atoms with E-state index in [4.69, 9.17) is 33.3 Å². The number of carboxylic acids is 2. The van der Waals surface area contributed by atoms with Crippen LogP contribution in [0.25, 0.3) is 17.4 Å². The summed E-state index contributed by atoms with van der Waals surface area (Å²) in [5.41, 5.74) is -0.935. The van der Waals surface area contributed by atoms with Gasteiger partial charge in [0, 0.05) is 11.6 Å². The fourth-order valence-corrected chi connectivity index (χ4v) is 4.38. The normalized spacial score (nSPS) is 16.6. The molecule has 3 rings (SSSR count). The van der Waals surface area contributed by atoms with Gasteiger partial charge in [0.1, 0.15) is 21.9 Å². The van der Waals surface area contributed by atoms with E-state index < -0.39 is 47.1 Å². The average molecular weight is 506 g/mol. The van der Waals surface area contributed by atoms with Gasteiger partial charge >= 0.3 is 18.1 Å². The van der Waals surface area contributed by atoms with Crippen LogP contribution in [-0.4, -0.2) is 43.3 Å². The summed E-state index contributed by atoms with van der Waals surface area (Å²) in [6.07, 6.45) is -4.27. The molecule has 1 aromatic heterocycles. The van der Waals surface area contributed by atoms with Gasteiger partial charge in [-0.25, -0.2) is 4.79 Å². The minimum absolute atomic E-state index is 0.0281. The number of nitrogens with zero attached hydrogens (tertiary/aromatic N) is 1. The van der Waals surface area contributed by atoms with Crippen molar-refractivity contribution >= 4 is 63.8 Å². The van der Waals surface area contributed by atoms with Gasteiger partial charge in [0.25, 0.3) is 5.91 Å². The first-order chi connectivity index (χ1) is 14.9. The van der Waals surface area contributed by atoms with E-state index in [1.54, 1.807) is 0 Å². The van der Waals surface area contributed by atoms with Crippen LogP contribution in [-0.2, 0) is 20.6 Å². The minimum Gasteiger partial charge on any atom is -0.481 e. The van der Waals surface area contributed by atoms with Crippen molar-refractivity contribution in [1.29, 1.82) is 0 Å². The number of hydrogen-bond donors (Lipinski definition) is 2. The zero-order chi connectivity index (χ0) is 23.8. The van der Waals surface area contributed by atoms with E-state index in [1.807, 2.05) is 0 Å². The topological polar surface area (TPSA) is 108 Å². The molecule has 168 valence electrons. The van der Waals surface area contributed by atoms with Crippen molar-refractivity contribution in [3.63, 3.8) is 0 Å². The number of benzene rings is 1. The van der Waals surface area contributed by atoms with Gasteiger partial charge in [0.2, 0.25) is 0 Å². The van der Waals surface area contributed by atoms with E-state index in [2.05, 4.69) is 0 Å². The van der Waals surface area contributed by atoms with Crippen molar-refractivity contribution in [1.82, 2.24) is 4.90 Å². The second-order valence-electron chi connectivity index (χ2n) is 6.40. The van der Waals surface area contributed by atoms with Crippen LogP contribution in [0, 0.1) is 0 Å². The third-order valence-electron chi connectivity index (χ3n) is 4.24. The Morgan fingerprint density at radius 2 is 1.94 bits per heavy atom. The standard InChI is InChI=1S/C19H11ClF3NO6S2/c20-11-3-1-8(5-10(11)19(21,22)23)13-4-2-9(30-13)6-14-16(27)24(18(31)32-14)12(17(28)29)7-15(25)26/h1-6,12H,7H2,(H,25,26)(H,28,29)/b14-6-/t12-/m0/s1. The molecule has 0 unspecified atom stereocenters. The lowest BCUT2D eigenvalue weighted by Crippen LogP contribution is -2.45. The molecular weight excluding hydrogens is 495 g/mol. The summed E-state index contributed by atoms with van der Waals surface area (Å²) in [5, 5.41) is 17.7. The van der Waals surface area contributed by atoms with E-state index in [-0.39, 0.29) is 26.3 Å². The monoisotopic (exact) mass is 505 g/mol. The van der Waals surface area contributed by atoms with Crippen LogP contribution in [0.1, 0.15) is 17.7 Å². The largest absolute Gasteiger partial charge is 0.481 e. The number of hydrogen-bond acceptors (Lipinski definition) is 6. The highest BCUT2D eigenvalue weighted by molar-refractivity contribution is 8.26. The van der Waals surface area contributed by atoms with Gasteiger partial charge in [-0.05, 0) is 30.3 Å². The van der Waals surface area contributed by atoms with Crippen LogP contribution in [0.4, 0.5) is 13.2 Å². The molecule has 0 radical (unpaired) electrons. The smallest absolute Gasteiger partial charge is 0.417 e. The fraction of sp³-hybridized carbons (Fsp3) is 0.158.